The summed E-state index contributed by atoms with van der Waals surface area (Å²) in [6.07, 6.45) is -4.97. The van der Waals surface area contributed by atoms with Gasteiger partial charge in [-0.2, -0.15) is 41.8 Å². The number of imidazole rings is 1. The van der Waals surface area contributed by atoms with Gasteiger partial charge in [-0.15, -0.1) is 0 Å². The summed E-state index contributed by atoms with van der Waals surface area (Å²) in [7, 11) is 0. The number of aromatic nitrogens is 7. The summed E-state index contributed by atoms with van der Waals surface area (Å²) in [6, 6.07) is 3.02. The first kappa shape index (κ1) is 24.2. The molecule has 2 aliphatic rings. The molecular weight excluding hydrogens is 516 g/mol. The van der Waals surface area contributed by atoms with E-state index in [1.165, 1.54) is 6.20 Å². The first-order valence-corrected chi connectivity index (χ1v) is 11.6. The van der Waals surface area contributed by atoms with Gasteiger partial charge in [0, 0.05) is 31.7 Å². The molecule has 6 rings (SSSR count). The second kappa shape index (κ2) is 8.70. The molecule has 1 aromatic carbocycles. The fourth-order valence-corrected chi connectivity index (χ4v) is 5.01. The van der Waals surface area contributed by atoms with Gasteiger partial charge in [0.15, 0.2) is 5.82 Å². The van der Waals surface area contributed by atoms with Crippen molar-refractivity contribution in [2.75, 3.05) is 23.3 Å². The van der Waals surface area contributed by atoms with Crippen molar-refractivity contribution >= 4 is 11.8 Å². The van der Waals surface area contributed by atoms with E-state index in [1.54, 1.807) is 18.5 Å². The normalized spacial score (nSPS) is 21.0. The molecule has 38 heavy (non-hydrogen) atoms. The molecule has 1 aliphatic heterocycles. The van der Waals surface area contributed by atoms with Crippen molar-refractivity contribution in [3.8, 4) is 11.5 Å². The van der Waals surface area contributed by atoms with E-state index in [9.17, 15) is 26.3 Å². The molecule has 0 radical (unpaired) electrons. The molecule has 1 saturated carbocycles. The molecule has 2 atom stereocenters. The van der Waals surface area contributed by atoms with Crippen LogP contribution in [0.5, 0.6) is 0 Å². The Morgan fingerprint density at radius 2 is 1.66 bits per heavy atom. The summed E-state index contributed by atoms with van der Waals surface area (Å²) in [5.74, 6) is 2.71. The van der Waals surface area contributed by atoms with Crippen LogP contribution in [0.4, 0.5) is 38.1 Å². The zero-order chi connectivity index (χ0) is 26.7. The fourth-order valence-electron chi connectivity index (χ4n) is 5.01. The topological polar surface area (TPSA) is 111 Å². The predicted octanol–water partition coefficient (Wildman–Crippen LogP) is 4.48. The number of benzene rings is 1. The Morgan fingerprint density at radius 1 is 0.947 bits per heavy atom. The Hall–Kier alpha value is -4.17. The maximum absolute atomic E-state index is 13.1. The van der Waals surface area contributed by atoms with Crippen LogP contribution in [-0.4, -0.2) is 48.4 Å². The van der Waals surface area contributed by atoms with Crippen molar-refractivity contribution < 1.29 is 26.3 Å². The number of nitrogens with one attached hydrogen (secondary N) is 3. The molecule has 3 aromatic heterocycles. The Labute approximate surface area is 210 Å². The SMILES string of the molecule is FC(F)(F)c1cc(CNc2nccc(-c3ncc(N4CC5C(C4)C5c4cn[nH]n4)[nH]3)n2)cc(C(F)(F)F)c1. The summed E-state index contributed by atoms with van der Waals surface area (Å²) in [5, 5.41) is 13.4. The van der Waals surface area contributed by atoms with E-state index in [2.05, 4.69) is 45.6 Å². The fraction of sp³-hybridized carbons (Fsp3) is 0.348. The van der Waals surface area contributed by atoms with Gasteiger partial charge in [0.25, 0.3) is 0 Å². The molecule has 2 unspecified atom stereocenters. The smallest absolute Gasteiger partial charge is 0.356 e. The van der Waals surface area contributed by atoms with E-state index in [0.717, 1.165) is 24.6 Å². The van der Waals surface area contributed by atoms with Gasteiger partial charge in [0.2, 0.25) is 5.95 Å². The third-order valence-electron chi connectivity index (χ3n) is 6.87. The maximum atomic E-state index is 13.1. The third-order valence-corrected chi connectivity index (χ3v) is 6.87. The first-order chi connectivity index (χ1) is 18.1. The number of fused-ring (bicyclic) bond motifs is 1. The average Bonchev–Trinajstić information content (AvgIpc) is 3.40. The van der Waals surface area contributed by atoms with Crippen LogP contribution in [-0.2, 0) is 18.9 Å². The van der Waals surface area contributed by atoms with E-state index in [4.69, 9.17) is 0 Å². The van der Waals surface area contributed by atoms with Gasteiger partial charge in [-0.3, -0.25) is 0 Å². The van der Waals surface area contributed by atoms with E-state index in [0.29, 0.717) is 41.4 Å². The van der Waals surface area contributed by atoms with Gasteiger partial charge in [-0.1, -0.05) is 0 Å². The van der Waals surface area contributed by atoms with Crippen LogP contribution in [0.2, 0.25) is 0 Å². The lowest BCUT2D eigenvalue weighted by Crippen LogP contribution is -2.23. The molecule has 2 fully saturated rings. The van der Waals surface area contributed by atoms with Crippen LogP contribution in [0.3, 0.4) is 0 Å². The van der Waals surface area contributed by atoms with Crippen LogP contribution in [0.15, 0.2) is 42.9 Å². The second-order valence-corrected chi connectivity index (χ2v) is 9.30. The van der Waals surface area contributed by atoms with E-state index in [1.807, 2.05) is 0 Å². The van der Waals surface area contributed by atoms with Gasteiger partial charge >= 0.3 is 12.4 Å². The highest BCUT2D eigenvalue weighted by molar-refractivity contribution is 5.56. The summed E-state index contributed by atoms with van der Waals surface area (Å²) in [4.78, 5) is 18.1. The number of hydrogen-bond donors (Lipinski definition) is 3. The lowest BCUT2D eigenvalue weighted by molar-refractivity contribution is -0.143. The largest absolute Gasteiger partial charge is 0.416 e. The van der Waals surface area contributed by atoms with Crippen molar-refractivity contribution in [2.24, 2.45) is 11.8 Å². The van der Waals surface area contributed by atoms with Gasteiger partial charge < -0.3 is 15.2 Å². The molecule has 15 heteroatoms. The lowest BCUT2D eigenvalue weighted by Gasteiger charge is -2.19. The van der Waals surface area contributed by atoms with Crippen LogP contribution < -0.4 is 10.2 Å². The van der Waals surface area contributed by atoms with Gasteiger partial charge in [-0.05, 0) is 41.7 Å². The van der Waals surface area contributed by atoms with Crippen molar-refractivity contribution in [3.05, 3.63) is 65.2 Å². The Bertz CT molecular complexity index is 1400. The van der Waals surface area contributed by atoms with Crippen LogP contribution in [0, 0.1) is 11.8 Å². The molecule has 0 bridgehead atoms. The Kier molecular flexibility index (Phi) is 5.54. The number of piperidine rings is 1. The van der Waals surface area contributed by atoms with Crippen LogP contribution in [0.25, 0.3) is 11.5 Å². The number of anilines is 2. The van der Waals surface area contributed by atoms with E-state index in [-0.39, 0.29) is 24.1 Å². The molecule has 0 amide bonds. The lowest BCUT2D eigenvalue weighted by atomic mass is 10.0. The van der Waals surface area contributed by atoms with Gasteiger partial charge in [0.05, 0.1) is 29.2 Å². The molecule has 3 N–H and O–H groups in total. The molecular formula is C23H19F6N9. The molecule has 1 aliphatic carbocycles. The quantitative estimate of drug-likeness (QED) is 0.312. The Morgan fingerprint density at radius 3 is 2.29 bits per heavy atom. The zero-order valence-corrected chi connectivity index (χ0v) is 19.3. The number of H-pyrrole nitrogens is 2. The van der Waals surface area contributed by atoms with Crippen molar-refractivity contribution in [1.29, 1.82) is 0 Å². The van der Waals surface area contributed by atoms with Gasteiger partial charge in [0.1, 0.15) is 11.5 Å². The number of nitrogens with zero attached hydrogens (tertiary/aromatic N) is 6. The summed E-state index contributed by atoms with van der Waals surface area (Å²) < 4.78 is 78.8. The average molecular weight is 535 g/mol. The van der Waals surface area contributed by atoms with E-state index < -0.39 is 23.5 Å². The highest BCUT2D eigenvalue weighted by Gasteiger charge is 2.57. The molecule has 198 valence electrons. The molecule has 9 nitrogen and oxygen atoms in total. The summed E-state index contributed by atoms with van der Waals surface area (Å²) >= 11 is 0. The van der Waals surface area contributed by atoms with Crippen molar-refractivity contribution in [1.82, 2.24) is 35.3 Å². The van der Waals surface area contributed by atoms with Crippen LogP contribution in [0.1, 0.15) is 28.3 Å². The van der Waals surface area contributed by atoms with Gasteiger partial charge in [-0.25, -0.2) is 15.0 Å². The van der Waals surface area contributed by atoms with Crippen molar-refractivity contribution in [3.63, 3.8) is 0 Å². The third kappa shape index (κ3) is 4.63. The molecule has 4 heterocycles. The molecule has 1 saturated heterocycles. The number of aromatic amines is 2. The first-order valence-electron chi connectivity index (χ1n) is 11.6. The number of hydrogen-bond acceptors (Lipinski definition) is 7. The number of halogens is 6. The monoisotopic (exact) mass is 535 g/mol. The zero-order valence-electron chi connectivity index (χ0n) is 19.3. The standard InChI is InChI=1S/C23H19F6N9/c24-22(25,26)12-3-11(4-13(5-12)23(27,28)29)6-32-21-30-2-1-16(34-21)20-31-8-18(35-20)38-9-14-15(10-38)19(14)17-7-33-37-36-17/h1-5,7-8,14-15,19H,6,9-10H2,(H,31,35)(H,30,32,34)(H,33,36,37). The minimum Gasteiger partial charge on any atom is -0.356 e. The second-order valence-electron chi connectivity index (χ2n) is 9.30. The minimum atomic E-state index is -4.92. The summed E-state index contributed by atoms with van der Waals surface area (Å²) in [5.41, 5.74) is -1.58. The maximum Gasteiger partial charge on any atom is 0.416 e. The minimum absolute atomic E-state index is 0.0318. The summed E-state index contributed by atoms with van der Waals surface area (Å²) in [6.45, 7) is 1.34. The Balaban J connectivity index is 1.13. The molecule has 4 aromatic rings. The van der Waals surface area contributed by atoms with Crippen LogP contribution >= 0.6 is 0 Å². The van der Waals surface area contributed by atoms with Crippen molar-refractivity contribution in [2.45, 2.75) is 24.8 Å². The number of alkyl halides is 6. The number of rotatable bonds is 6. The highest BCUT2D eigenvalue weighted by atomic mass is 19.4. The molecule has 0 spiro atoms. The highest BCUT2D eigenvalue weighted by Crippen LogP contribution is 2.58. The van der Waals surface area contributed by atoms with E-state index >= 15 is 0 Å². The predicted molar refractivity (Wildman–Crippen MR) is 122 cm³/mol.